The van der Waals surface area contributed by atoms with Crippen LogP contribution in [0.1, 0.15) is 0 Å². The molecule has 0 atom stereocenters. The summed E-state index contributed by atoms with van der Waals surface area (Å²) in [5.74, 6) is 0. The van der Waals surface area contributed by atoms with Crippen LogP contribution in [0.3, 0.4) is 0 Å². The van der Waals surface area contributed by atoms with Gasteiger partial charge in [-0.15, -0.1) is 16.4 Å². The molecule has 0 aliphatic carbocycles. The van der Waals surface area contributed by atoms with Crippen LogP contribution in [-0.2, 0) is 0 Å². The van der Waals surface area contributed by atoms with E-state index >= 15 is 0 Å². The molecule has 8 aromatic rings. The van der Waals surface area contributed by atoms with Crippen molar-refractivity contribution in [2.75, 3.05) is 0 Å². The van der Waals surface area contributed by atoms with Gasteiger partial charge in [0.1, 0.15) is 39.2 Å². The fourth-order valence-electron chi connectivity index (χ4n) is 6.93. The molecule has 0 aromatic heterocycles. The zero-order valence-electron chi connectivity index (χ0n) is 24.5. The Bertz CT molecular complexity index is 2440. The minimum absolute atomic E-state index is 0.204. The Morgan fingerprint density at radius 2 is 0.778 bits per heavy atom. The SMILES string of the molecule is [B]c1c([B])c([B])c(-c2c3ccccc3c(-c3ccc(-c4cccc5ccccc45)cc3)c3c2ccc2ccccc23)c([B])c1[B]. The Balaban J connectivity index is 1.48. The minimum atomic E-state index is 0.204. The lowest BCUT2D eigenvalue weighted by Gasteiger charge is -2.25. The zero-order valence-corrected chi connectivity index (χ0v) is 24.5. The molecule has 10 radical (unpaired) electrons. The van der Waals surface area contributed by atoms with Crippen molar-refractivity contribution in [3.8, 4) is 33.4 Å². The van der Waals surface area contributed by atoms with Crippen molar-refractivity contribution in [1.29, 1.82) is 0 Å². The van der Waals surface area contributed by atoms with Crippen LogP contribution < -0.4 is 27.3 Å². The first-order chi connectivity index (χ1) is 21.9. The maximum atomic E-state index is 6.70. The summed E-state index contributed by atoms with van der Waals surface area (Å²) in [7, 11) is 32.4. The highest BCUT2D eigenvalue weighted by molar-refractivity contribution is 6.69. The fraction of sp³-hybridized carbons (Fsp3) is 0. The molecule has 8 aromatic carbocycles. The maximum absolute atomic E-state index is 6.70. The van der Waals surface area contributed by atoms with Crippen molar-refractivity contribution < 1.29 is 0 Å². The van der Waals surface area contributed by atoms with Gasteiger partial charge in [-0.3, -0.25) is 0 Å². The van der Waals surface area contributed by atoms with Gasteiger partial charge in [0.2, 0.25) is 0 Å². The smallest absolute Gasteiger partial charge is 0.112 e. The summed E-state index contributed by atoms with van der Waals surface area (Å²) in [5.41, 5.74) is 7.45. The average molecular weight is 556 g/mol. The van der Waals surface area contributed by atoms with E-state index in [1.165, 1.54) is 21.9 Å². The summed E-state index contributed by atoms with van der Waals surface area (Å²) in [6.07, 6.45) is 0. The molecule has 196 valence electrons. The lowest BCUT2D eigenvalue weighted by molar-refractivity contribution is 1.64. The van der Waals surface area contributed by atoms with E-state index in [1.54, 1.807) is 0 Å². The second-order valence-corrected chi connectivity index (χ2v) is 11.6. The second kappa shape index (κ2) is 10.6. The van der Waals surface area contributed by atoms with Crippen molar-refractivity contribution >= 4 is 110 Å². The van der Waals surface area contributed by atoms with Crippen LogP contribution in [0.4, 0.5) is 0 Å². The molecule has 0 unspecified atom stereocenters. The quantitative estimate of drug-likeness (QED) is 0.158. The molecule has 0 saturated heterocycles. The Morgan fingerprint density at radius 3 is 1.44 bits per heavy atom. The third-order valence-corrected chi connectivity index (χ3v) is 9.14. The number of benzene rings is 8. The van der Waals surface area contributed by atoms with Crippen molar-refractivity contribution in [2.24, 2.45) is 0 Å². The van der Waals surface area contributed by atoms with E-state index in [0.717, 1.165) is 49.0 Å². The van der Waals surface area contributed by atoms with Gasteiger partial charge in [-0.05, 0) is 76.5 Å². The topological polar surface area (TPSA) is 0 Å². The highest BCUT2D eigenvalue weighted by Gasteiger charge is 2.22. The summed E-state index contributed by atoms with van der Waals surface area (Å²) in [6.45, 7) is 0. The van der Waals surface area contributed by atoms with Crippen molar-refractivity contribution in [3.63, 3.8) is 0 Å². The van der Waals surface area contributed by atoms with Crippen LogP contribution in [0.2, 0.25) is 0 Å². The summed E-state index contributed by atoms with van der Waals surface area (Å²) < 4.78 is 0. The molecular formula is C40H21B5. The van der Waals surface area contributed by atoms with Gasteiger partial charge in [0.25, 0.3) is 0 Å². The highest BCUT2D eigenvalue weighted by Crippen LogP contribution is 2.45. The molecule has 0 fully saturated rings. The molecule has 0 amide bonds. The average Bonchev–Trinajstić information content (AvgIpc) is 3.09. The molecule has 45 heavy (non-hydrogen) atoms. The van der Waals surface area contributed by atoms with Gasteiger partial charge in [0.05, 0.1) is 0 Å². The van der Waals surface area contributed by atoms with Crippen LogP contribution in [0.5, 0.6) is 0 Å². The summed E-state index contributed by atoms with van der Waals surface area (Å²) in [6, 6.07) is 44.9. The lowest BCUT2D eigenvalue weighted by atomic mass is 9.59. The second-order valence-electron chi connectivity index (χ2n) is 11.6. The summed E-state index contributed by atoms with van der Waals surface area (Å²) >= 11 is 0. The van der Waals surface area contributed by atoms with E-state index in [9.17, 15) is 0 Å². The first kappa shape index (κ1) is 27.7. The predicted molar refractivity (Wildman–Crippen MR) is 200 cm³/mol. The van der Waals surface area contributed by atoms with Crippen LogP contribution in [0, 0.1) is 0 Å². The van der Waals surface area contributed by atoms with Gasteiger partial charge >= 0.3 is 0 Å². The number of rotatable bonds is 3. The van der Waals surface area contributed by atoms with Crippen molar-refractivity contribution in [3.05, 3.63) is 127 Å². The summed E-state index contributed by atoms with van der Waals surface area (Å²) in [5, 5.41) is 8.89. The number of hydrogen-bond donors (Lipinski definition) is 0. The zero-order chi connectivity index (χ0) is 30.8. The number of hydrogen-bond acceptors (Lipinski definition) is 0. The standard InChI is InChI=1S/C40H21B5/c41-36-35(37(42)39(44)40(45)38(36)43)34-30-14-6-5-13-29(30)32(33-28-12-4-2-9-23(28)20-21-31(33)34)25-18-16-24(17-19-25)27-15-7-10-22-8-1-3-11-26(22)27/h1-21H. The van der Waals surface area contributed by atoms with E-state index in [2.05, 4.69) is 121 Å². The molecule has 0 bridgehead atoms. The first-order valence-corrected chi connectivity index (χ1v) is 14.9. The Kier molecular flexibility index (Phi) is 6.54. The van der Waals surface area contributed by atoms with Gasteiger partial charge in [0.15, 0.2) is 0 Å². The third-order valence-electron chi connectivity index (χ3n) is 9.14. The van der Waals surface area contributed by atoms with Crippen molar-refractivity contribution in [1.82, 2.24) is 0 Å². The third kappa shape index (κ3) is 4.21. The maximum Gasteiger partial charge on any atom is 0.113 e. The molecule has 0 aliphatic rings. The molecule has 5 heteroatoms. The molecule has 0 heterocycles. The molecule has 0 N–H and O–H groups in total. The van der Waals surface area contributed by atoms with E-state index in [1.807, 2.05) is 6.07 Å². The normalized spacial score (nSPS) is 11.6. The van der Waals surface area contributed by atoms with Gasteiger partial charge in [0, 0.05) is 0 Å². The minimum Gasteiger partial charge on any atom is -0.112 e. The van der Waals surface area contributed by atoms with Crippen LogP contribution in [0.25, 0.3) is 76.5 Å². The van der Waals surface area contributed by atoms with Gasteiger partial charge in [-0.25, -0.2) is 0 Å². The Hall–Kier alpha value is -4.88. The predicted octanol–water partition coefficient (Wildman–Crippen LogP) is 5.27. The van der Waals surface area contributed by atoms with E-state index in [0.29, 0.717) is 16.5 Å². The van der Waals surface area contributed by atoms with E-state index in [-0.39, 0.29) is 16.4 Å². The largest absolute Gasteiger partial charge is 0.113 e. The van der Waals surface area contributed by atoms with Crippen LogP contribution >= 0.6 is 0 Å². The molecule has 8 rings (SSSR count). The number of fused-ring (bicyclic) bond motifs is 5. The highest BCUT2D eigenvalue weighted by atomic mass is 14.2. The van der Waals surface area contributed by atoms with Gasteiger partial charge in [-0.1, -0.05) is 138 Å². The lowest BCUT2D eigenvalue weighted by Crippen LogP contribution is -2.55. The van der Waals surface area contributed by atoms with E-state index < -0.39 is 0 Å². The Morgan fingerprint density at radius 1 is 0.289 bits per heavy atom. The summed E-state index contributed by atoms with van der Waals surface area (Å²) in [4.78, 5) is 0. The molecule has 0 saturated carbocycles. The monoisotopic (exact) mass is 556 g/mol. The van der Waals surface area contributed by atoms with Crippen LogP contribution in [0.15, 0.2) is 127 Å². The fourth-order valence-corrected chi connectivity index (χ4v) is 6.93. The first-order valence-electron chi connectivity index (χ1n) is 14.9. The Labute approximate surface area is 269 Å². The molecule has 0 spiro atoms. The molecule has 0 aliphatic heterocycles. The van der Waals surface area contributed by atoms with Gasteiger partial charge in [-0.2, -0.15) is 0 Å². The van der Waals surface area contributed by atoms with Crippen molar-refractivity contribution in [2.45, 2.75) is 0 Å². The molecular weight excluding hydrogens is 535 g/mol. The van der Waals surface area contributed by atoms with E-state index in [4.69, 9.17) is 39.2 Å². The van der Waals surface area contributed by atoms with Gasteiger partial charge < -0.3 is 0 Å². The molecule has 0 nitrogen and oxygen atoms in total. The van der Waals surface area contributed by atoms with Crippen LogP contribution in [-0.4, -0.2) is 39.2 Å².